The highest BCUT2D eigenvalue weighted by atomic mass is 127. The molecular formula is C18H15ClINO2. The fraction of sp³-hybridized carbons (Fsp3) is 0.222. The van der Waals surface area contributed by atoms with Crippen molar-refractivity contribution in [2.24, 2.45) is 4.99 Å². The molecule has 1 heterocycles. The normalized spacial score (nSPS) is 16.1. The molecule has 0 radical (unpaired) electrons. The summed E-state index contributed by atoms with van der Waals surface area (Å²) >= 11 is 8.27. The first-order valence-corrected chi connectivity index (χ1v) is 8.84. The highest BCUT2D eigenvalue weighted by Gasteiger charge is 2.21. The summed E-state index contributed by atoms with van der Waals surface area (Å²) < 4.78 is 1.16. The van der Waals surface area contributed by atoms with E-state index in [1.54, 1.807) is 0 Å². The van der Waals surface area contributed by atoms with Gasteiger partial charge < -0.3 is 5.11 Å². The second-order valence-electron chi connectivity index (χ2n) is 5.52. The second-order valence-corrected chi connectivity index (χ2v) is 7.20. The molecule has 2 aromatic rings. The number of aliphatic carboxylic acids is 1. The molecule has 0 spiro atoms. The molecular weight excluding hydrogens is 425 g/mol. The highest BCUT2D eigenvalue weighted by molar-refractivity contribution is 14.1. The molecule has 1 aliphatic heterocycles. The van der Waals surface area contributed by atoms with Gasteiger partial charge in [-0.25, -0.2) is 0 Å². The number of carboxylic acid groups (broad SMARTS) is 1. The van der Waals surface area contributed by atoms with Crippen LogP contribution in [0.5, 0.6) is 0 Å². The summed E-state index contributed by atoms with van der Waals surface area (Å²) in [5, 5.41) is 11.7. The molecule has 2 aromatic carbocycles. The molecule has 0 saturated carbocycles. The third-order valence-corrected chi connectivity index (χ3v) is 4.85. The number of halogens is 2. The Bertz CT molecular complexity index is 862. The fourth-order valence-electron chi connectivity index (χ4n) is 2.86. The summed E-state index contributed by atoms with van der Waals surface area (Å²) in [4.78, 5) is 15.7. The maximum atomic E-state index is 10.8. The van der Waals surface area contributed by atoms with Gasteiger partial charge in [0.1, 0.15) is 0 Å². The number of carbonyl (C=O) groups is 1. The third kappa shape index (κ3) is 3.75. The van der Waals surface area contributed by atoms with E-state index in [-0.39, 0.29) is 12.5 Å². The van der Waals surface area contributed by atoms with Gasteiger partial charge in [-0.05, 0) is 76.9 Å². The van der Waals surface area contributed by atoms with E-state index in [0.29, 0.717) is 11.4 Å². The Morgan fingerprint density at radius 2 is 1.96 bits per heavy atom. The predicted molar refractivity (Wildman–Crippen MR) is 99.0 cm³/mol. The zero-order chi connectivity index (χ0) is 16.4. The zero-order valence-electron chi connectivity index (χ0n) is 12.3. The Morgan fingerprint density at radius 3 is 2.65 bits per heavy atom. The van der Waals surface area contributed by atoms with E-state index in [2.05, 4.69) is 28.7 Å². The number of fused-ring (bicyclic) bond motifs is 1. The standard InChI is InChI=1S/C18H15ClINO2/c19-12-6-4-11(5-7-12)18-14(2-1-3-17(22)23)15-10-13(20)8-9-16(15)21-18/h4-10,18H,1-3H2,(H,22,23). The molecule has 1 atom stereocenters. The minimum absolute atomic E-state index is 0.0470. The third-order valence-electron chi connectivity index (χ3n) is 3.93. The number of rotatable bonds is 5. The van der Waals surface area contributed by atoms with Gasteiger partial charge in [-0.15, -0.1) is 0 Å². The number of carboxylic acids is 1. The van der Waals surface area contributed by atoms with E-state index >= 15 is 0 Å². The lowest BCUT2D eigenvalue weighted by Crippen LogP contribution is -2.23. The van der Waals surface area contributed by atoms with Gasteiger partial charge in [-0.2, -0.15) is 0 Å². The van der Waals surface area contributed by atoms with Crippen molar-refractivity contribution in [3.05, 3.63) is 67.2 Å². The summed E-state index contributed by atoms with van der Waals surface area (Å²) in [5.74, 6) is -0.758. The molecule has 0 aliphatic carbocycles. The molecule has 0 aromatic heterocycles. The molecule has 0 amide bonds. The molecule has 0 fully saturated rings. The minimum Gasteiger partial charge on any atom is -0.481 e. The topological polar surface area (TPSA) is 49.7 Å². The summed E-state index contributed by atoms with van der Waals surface area (Å²) in [6, 6.07) is 13.9. The molecule has 1 N–H and O–H groups in total. The monoisotopic (exact) mass is 439 g/mol. The van der Waals surface area contributed by atoms with Crippen LogP contribution in [0.25, 0.3) is 5.57 Å². The Labute approximate surface area is 152 Å². The van der Waals surface area contributed by atoms with Gasteiger partial charge in [-0.1, -0.05) is 23.7 Å². The lowest BCUT2D eigenvalue weighted by Gasteiger charge is -2.13. The fourth-order valence-corrected chi connectivity index (χ4v) is 3.48. The van der Waals surface area contributed by atoms with Crippen molar-refractivity contribution in [2.75, 3.05) is 0 Å². The van der Waals surface area contributed by atoms with Crippen LogP contribution in [-0.4, -0.2) is 11.1 Å². The molecule has 0 bridgehead atoms. The van der Waals surface area contributed by atoms with Crippen molar-refractivity contribution in [3.63, 3.8) is 0 Å². The van der Waals surface area contributed by atoms with Crippen LogP contribution in [0.4, 0.5) is 0 Å². The second kappa shape index (κ2) is 7.01. The van der Waals surface area contributed by atoms with Crippen LogP contribution in [-0.2, 0) is 4.79 Å². The minimum atomic E-state index is -0.758. The zero-order valence-corrected chi connectivity index (χ0v) is 15.2. The van der Waals surface area contributed by atoms with Gasteiger partial charge in [0.25, 0.3) is 0 Å². The lowest BCUT2D eigenvalue weighted by atomic mass is 9.95. The van der Waals surface area contributed by atoms with Gasteiger partial charge in [0.2, 0.25) is 0 Å². The first kappa shape index (κ1) is 16.5. The van der Waals surface area contributed by atoms with E-state index in [1.165, 1.54) is 5.57 Å². The van der Waals surface area contributed by atoms with Crippen molar-refractivity contribution in [3.8, 4) is 0 Å². The molecule has 1 aliphatic rings. The van der Waals surface area contributed by atoms with E-state index in [9.17, 15) is 4.79 Å². The molecule has 5 heteroatoms. The van der Waals surface area contributed by atoms with Crippen molar-refractivity contribution >= 4 is 45.7 Å². The van der Waals surface area contributed by atoms with Crippen molar-refractivity contribution in [1.82, 2.24) is 0 Å². The molecule has 118 valence electrons. The van der Waals surface area contributed by atoms with Crippen LogP contribution < -0.4 is 10.6 Å². The average Bonchev–Trinajstić information content (AvgIpc) is 2.86. The maximum absolute atomic E-state index is 10.8. The van der Waals surface area contributed by atoms with Gasteiger partial charge in [0.05, 0.1) is 11.4 Å². The lowest BCUT2D eigenvalue weighted by molar-refractivity contribution is -0.137. The first-order valence-electron chi connectivity index (χ1n) is 7.38. The molecule has 0 saturated heterocycles. The largest absolute Gasteiger partial charge is 0.481 e. The molecule has 1 unspecified atom stereocenters. The number of benzene rings is 2. The van der Waals surface area contributed by atoms with Crippen LogP contribution in [0.3, 0.4) is 0 Å². The van der Waals surface area contributed by atoms with Gasteiger partial charge in [-0.3, -0.25) is 9.79 Å². The van der Waals surface area contributed by atoms with E-state index in [0.717, 1.165) is 26.1 Å². The molecule has 3 nitrogen and oxygen atoms in total. The Morgan fingerprint density at radius 1 is 1.22 bits per heavy atom. The summed E-state index contributed by atoms with van der Waals surface area (Å²) in [6.45, 7) is 0. The Hall–Kier alpha value is -1.40. The van der Waals surface area contributed by atoms with Crippen LogP contribution in [0.1, 0.15) is 30.9 Å². The van der Waals surface area contributed by atoms with E-state index < -0.39 is 5.97 Å². The average molecular weight is 440 g/mol. The number of hydrogen-bond acceptors (Lipinski definition) is 2. The van der Waals surface area contributed by atoms with Crippen LogP contribution in [0, 0.1) is 3.57 Å². The summed E-state index contributed by atoms with van der Waals surface area (Å²) in [7, 11) is 0. The van der Waals surface area contributed by atoms with Gasteiger partial charge >= 0.3 is 5.97 Å². The molecule has 3 rings (SSSR count). The predicted octanol–water partition coefficient (Wildman–Crippen LogP) is 3.72. The summed E-state index contributed by atoms with van der Waals surface area (Å²) in [6.07, 6.45) is 1.53. The molecule has 23 heavy (non-hydrogen) atoms. The van der Waals surface area contributed by atoms with Crippen molar-refractivity contribution in [1.29, 1.82) is 0 Å². The smallest absolute Gasteiger partial charge is 0.303 e. The van der Waals surface area contributed by atoms with Crippen LogP contribution in [0.15, 0.2) is 47.5 Å². The van der Waals surface area contributed by atoms with E-state index in [4.69, 9.17) is 21.7 Å². The Kier molecular flexibility index (Phi) is 5.02. The SMILES string of the molecule is O=C(O)CCCC1=c2cc(I)ccc2=NC1c1ccc(Cl)cc1. The van der Waals surface area contributed by atoms with Crippen LogP contribution >= 0.6 is 34.2 Å². The maximum Gasteiger partial charge on any atom is 0.303 e. The number of hydrogen-bond donors (Lipinski definition) is 1. The number of nitrogens with zero attached hydrogens (tertiary/aromatic N) is 1. The quantitative estimate of drug-likeness (QED) is 0.722. The highest BCUT2D eigenvalue weighted by Crippen LogP contribution is 2.31. The van der Waals surface area contributed by atoms with Gasteiger partial charge in [0, 0.05) is 20.2 Å². The Balaban J connectivity index is 2.02. The van der Waals surface area contributed by atoms with Crippen molar-refractivity contribution in [2.45, 2.75) is 25.3 Å². The van der Waals surface area contributed by atoms with E-state index in [1.807, 2.05) is 36.4 Å². The summed E-state index contributed by atoms with van der Waals surface area (Å²) in [5.41, 5.74) is 2.29. The van der Waals surface area contributed by atoms with Crippen molar-refractivity contribution < 1.29 is 9.90 Å². The van der Waals surface area contributed by atoms with Gasteiger partial charge in [0.15, 0.2) is 0 Å². The first-order chi connectivity index (χ1) is 11.0. The van der Waals surface area contributed by atoms with Crippen LogP contribution in [0.2, 0.25) is 5.02 Å².